The van der Waals surface area contributed by atoms with E-state index in [0.29, 0.717) is 27.4 Å². The normalized spacial score (nSPS) is 10.2. The number of rotatable bonds is 6. The molecule has 0 aromatic heterocycles. The van der Waals surface area contributed by atoms with E-state index in [0.717, 1.165) is 13.0 Å². The number of thiocarbonyl (C=S) groups is 1. The van der Waals surface area contributed by atoms with Crippen molar-refractivity contribution in [3.8, 4) is 5.75 Å². The lowest BCUT2D eigenvalue weighted by molar-refractivity contribution is -0.121. The van der Waals surface area contributed by atoms with Crippen LogP contribution in [-0.4, -0.2) is 24.7 Å². The van der Waals surface area contributed by atoms with E-state index in [1.54, 1.807) is 25.3 Å². The van der Waals surface area contributed by atoms with E-state index in [2.05, 4.69) is 30.0 Å². The van der Waals surface area contributed by atoms with Crippen molar-refractivity contribution in [1.29, 1.82) is 0 Å². The molecule has 5 nitrogen and oxygen atoms in total. The second-order valence-corrected chi connectivity index (χ2v) is 6.09. The van der Waals surface area contributed by atoms with Crippen molar-refractivity contribution in [1.82, 2.24) is 16.2 Å². The molecular formula is C15H22ClN3O2S. The second kappa shape index (κ2) is 9.48. The van der Waals surface area contributed by atoms with Crippen LogP contribution in [0.4, 0.5) is 0 Å². The molecule has 1 aromatic carbocycles. The highest BCUT2D eigenvalue weighted by atomic mass is 35.5. The first-order chi connectivity index (χ1) is 10.4. The molecule has 1 aromatic rings. The van der Waals surface area contributed by atoms with E-state index in [1.807, 2.05) is 0 Å². The van der Waals surface area contributed by atoms with Gasteiger partial charge in [-0.1, -0.05) is 25.4 Å². The Hall–Kier alpha value is -1.53. The average molecular weight is 344 g/mol. The van der Waals surface area contributed by atoms with Crippen molar-refractivity contribution in [3.05, 3.63) is 28.8 Å². The number of carbonyl (C=O) groups excluding carboxylic acids is 1. The molecule has 22 heavy (non-hydrogen) atoms. The summed E-state index contributed by atoms with van der Waals surface area (Å²) >= 11 is 11.0. The minimum Gasteiger partial charge on any atom is -0.496 e. The van der Waals surface area contributed by atoms with Crippen LogP contribution >= 0.6 is 23.8 Å². The van der Waals surface area contributed by atoms with Crippen molar-refractivity contribution < 1.29 is 9.53 Å². The quantitative estimate of drug-likeness (QED) is 0.547. The molecule has 0 radical (unpaired) electrons. The summed E-state index contributed by atoms with van der Waals surface area (Å²) in [4.78, 5) is 11.9. The summed E-state index contributed by atoms with van der Waals surface area (Å²) in [5.41, 5.74) is 5.94. The monoisotopic (exact) mass is 343 g/mol. The summed E-state index contributed by atoms with van der Waals surface area (Å²) in [5.74, 6) is 0.992. The number of methoxy groups -OCH3 is 1. The Kier molecular flexibility index (Phi) is 7.98. The molecule has 0 spiro atoms. The summed E-state index contributed by atoms with van der Waals surface area (Å²) in [7, 11) is 1.55. The van der Waals surface area contributed by atoms with E-state index in [1.165, 1.54) is 0 Å². The van der Waals surface area contributed by atoms with Crippen LogP contribution in [0.2, 0.25) is 5.02 Å². The first-order valence-electron chi connectivity index (χ1n) is 7.07. The van der Waals surface area contributed by atoms with Gasteiger partial charge >= 0.3 is 0 Å². The molecule has 0 heterocycles. The minimum absolute atomic E-state index is 0.144. The van der Waals surface area contributed by atoms with Gasteiger partial charge in [0.2, 0.25) is 5.91 Å². The van der Waals surface area contributed by atoms with Crippen molar-refractivity contribution in [2.24, 2.45) is 5.92 Å². The van der Waals surface area contributed by atoms with Crippen LogP contribution in [0.3, 0.4) is 0 Å². The summed E-state index contributed by atoms with van der Waals surface area (Å²) < 4.78 is 5.21. The maximum Gasteiger partial charge on any atom is 0.242 e. The van der Waals surface area contributed by atoms with E-state index in [9.17, 15) is 4.79 Å². The lowest BCUT2D eigenvalue weighted by Crippen LogP contribution is -2.47. The highest BCUT2D eigenvalue weighted by molar-refractivity contribution is 7.80. The van der Waals surface area contributed by atoms with Crippen LogP contribution in [0.15, 0.2) is 18.2 Å². The van der Waals surface area contributed by atoms with Gasteiger partial charge in [-0.2, -0.15) is 0 Å². The number of halogens is 1. The van der Waals surface area contributed by atoms with Crippen LogP contribution in [0.1, 0.15) is 25.8 Å². The fraction of sp³-hybridized carbons (Fsp3) is 0.467. The molecule has 1 rings (SSSR count). The van der Waals surface area contributed by atoms with Gasteiger partial charge in [-0.15, -0.1) is 0 Å². The van der Waals surface area contributed by atoms with E-state index in [4.69, 9.17) is 28.6 Å². The number of ether oxygens (including phenoxy) is 1. The predicted molar refractivity (Wildman–Crippen MR) is 93.0 cm³/mol. The predicted octanol–water partition coefficient (Wildman–Crippen LogP) is 2.43. The summed E-state index contributed by atoms with van der Waals surface area (Å²) in [6.07, 6.45) is 1.15. The summed E-state index contributed by atoms with van der Waals surface area (Å²) in [5, 5.41) is 3.98. The zero-order valence-electron chi connectivity index (χ0n) is 13.0. The lowest BCUT2D eigenvalue weighted by Gasteiger charge is -2.13. The summed E-state index contributed by atoms with van der Waals surface area (Å²) in [6.45, 7) is 5.04. The molecule has 0 saturated carbocycles. The van der Waals surface area contributed by atoms with Crippen molar-refractivity contribution >= 4 is 34.8 Å². The average Bonchev–Trinajstić information content (AvgIpc) is 2.45. The maximum absolute atomic E-state index is 11.9. The van der Waals surface area contributed by atoms with E-state index >= 15 is 0 Å². The van der Waals surface area contributed by atoms with Crippen molar-refractivity contribution in [3.63, 3.8) is 0 Å². The smallest absolute Gasteiger partial charge is 0.242 e. The Morgan fingerprint density at radius 3 is 2.73 bits per heavy atom. The molecule has 0 bridgehead atoms. The topological polar surface area (TPSA) is 62.4 Å². The largest absolute Gasteiger partial charge is 0.496 e. The van der Waals surface area contributed by atoms with Crippen LogP contribution in [0, 0.1) is 5.92 Å². The lowest BCUT2D eigenvalue weighted by atomic mass is 10.1. The fourth-order valence-electron chi connectivity index (χ4n) is 1.75. The van der Waals surface area contributed by atoms with Crippen LogP contribution in [-0.2, 0) is 11.2 Å². The van der Waals surface area contributed by atoms with Gasteiger partial charge < -0.3 is 10.1 Å². The third kappa shape index (κ3) is 6.95. The summed E-state index contributed by atoms with van der Waals surface area (Å²) in [6, 6.07) is 5.16. The second-order valence-electron chi connectivity index (χ2n) is 5.24. The molecule has 1 amide bonds. The van der Waals surface area contributed by atoms with Gasteiger partial charge in [-0.25, -0.2) is 0 Å². The molecule has 0 fully saturated rings. The van der Waals surface area contributed by atoms with Gasteiger partial charge in [0.25, 0.3) is 0 Å². The first kappa shape index (κ1) is 18.5. The maximum atomic E-state index is 11.9. The third-order valence-electron chi connectivity index (χ3n) is 2.92. The Morgan fingerprint density at radius 2 is 2.09 bits per heavy atom. The Balaban J connectivity index is 2.40. The Morgan fingerprint density at radius 1 is 1.36 bits per heavy atom. The van der Waals surface area contributed by atoms with Gasteiger partial charge in [0.15, 0.2) is 5.11 Å². The Bertz CT molecular complexity index is 524. The van der Waals surface area contributed by atoms with Crippen LogP contribution < -0.4 is 20.9 Å². The zero-order valence-corrected chi connectivity index (χ0v) is 14.6. The van der Waals surface area contributed by atoms with E-state index in [-0.39, 0.29) is 12.3 Å². The number of amides is 1. The molecule has 3 N–H and O–H groups in total. The fourth-order valence-corrected chi connectivity index (χ4v) is 2.10. The zero-order chi connectivity index (χ0) is 16.5. The highest BCUT2D eigenvalue weighted by Gasteiger charge is 2.09. The van der Waals surface area contributed by atoms with Crippen molar-refractivity contribution in [2.45, 2.75) is 26.7 Å². The number of hydrazine groups is 1. The molecule has 7 heteroatoms. The molecular weight excluding hydrogens is 322 g/mol. The molecule has 0 unspecified atom stereocenters. The van der Waals surface area contributed by atoms with Crippen LogP contribution in [0.5, 0.6) is 5.75 Å². The number of nitrogens with one attached hydrogen (secondary N) is 3. The van der Waals surface area contributed by atoms with Gasteiger partial charge in [0, 0.05) is 17.1 Å². The third-order valence-corrected chi connectivity index (χ3v) is 3.40. The minimum atomic E-state index is -0.228. The number of hydrogen-bond acceptors (Lipinski definition) is 3. The van der Waals surface area contributed by atoms with Gasteiger partial charge in [0.1, 0.15) is 5.75 Å². The SMILES string of the molecule is COc1ccc(Cl)cc1CC(=O)NNC(=S)NCCC(C)C. The number of hydrogen-bond donors (Lipinski definition) is 3. The van der Waals surface area contributed by atoms with Gasteiger partial charge in [-0.05, 0) is 42.8 Å². The van der Waals surface area contributed by atoms with Crippen LogP contribution in [0.25, 0.3) is 0 Å². The molecule has 0 aliphatic carbocycles. The number of carbonyl (C=O) groups is 1. The van der Waals surface area contributed by atoms with Gasteiger partial charge in [0.05, 0.1) is 13.5 Å². The standard InChI is InChI=1S/C15H22ClN3O2S/c1-10(2)6-7-17-15(22)19-18-14(20)9-11-8-12(16)4-5-13(11)21-3/h4-5,8,10H,6-7,9H2,1-3H3,(H,18,20)(H2,17,19,22). The molecule has 0 atom stereocenters. The first-order valence-corrected chi connectivity index (χ1v) is 7.86. The highest BCUT2D eigenvalue weighted by Crippen LogP contribution is 2.22. The number of benzene rings is 1. The molecule has 0 aliphatic rings. The van der Waals surface area contributed by atoms with Crippen molar-refractivity contribution in [2.75, 3.05) is 13.7 Å². The molecule has 0 aliphatic heterocycles. The van der Waals surface area contributed by atoms with Gasteiger partial charge in [-0.3, -0.25) is 15.6 Å². The molecule has 0 saturated heterocycles. The molecule has 122 valence electrons. The Labute approximate surface area is 141 Å². The van der Waals surface area contributed by atoms with E-state index < -0.39 is 0 Å².